The summed E-state index contributed by atoms with van der Waals surface area (Å²) in [6.45, 7) is 23.2. The highest BCUT2D eigenvalue weighted by Gasteiger charge is 2.77. The van der Waals surface area contributed by atoms with Gasteiger partial charge in [0, 0.05) is 30.4 Å². The molecule has 214 valence electrons. The van der Waals surface area contributed by atoms with Gasteiger partial charge in [-0.25, -0.2) is 0 Å². The molecule has 3 rings (SSSR count). The van der Waals surface area contributed by atoms with Crippen LogP contribution in [0, 0.1) is 23.7 Å². The van der Waals surface area contributed by atoms with Crippen molar-refractivity contribution < 1.29 is 19.5 Å². The van der Waals surface area contributed by atoms with Gasteiger partial charge in [0.25, 0.3) is 0 Å². The first-order chi connectivity index (χ1) is 17.9. The quantitative estimate of drug-likeness (QED) is 0.374. The second kappa shape index (κ2) is 11.7. The van der Waals surface area contributed by atoms with Gasteiger partial charge in [0.1, 0.15) is 6.04 Å². The lowest BCUT2D eigenvalue weighted by atomic mass is 9.65. The van der Waals surface area contributed by atoms with Gasteiger partial charge in [-0.1, -0.05) is 46.3 Å². The normalized spacial score (nSPS) is 31.6. The molecule has 38 heavy (non-hydrogen) atoms. The molecular weight excluding hydrogens is 498 g/mol. The maximum atomic E-state index is 14.6. The Labute approximate surface area is 234 Å². The summed E-state index contributed by atoms with van der Waals surface area (Å²) in [5.74, 6) is -1.25. The number of rotatable bonds is 12. The first-order valence-electron chi connectivity index (χ1n) is 14.3. The molecule has 8 atom stereocenters. The van der Waals surface area contributed by atoms with Crippen LogP contribution >= 0.6 is 11.8 Å². The molecule has 3 amide bonds. The Morgan fingerprint density at radius 3 is 2.34 bits per heavy atom. The lowest BCUT2D eigenvalue weighted by Crippen LogP contribution is -2.62. The van der Waals surface area contributed by atoms with Crippen LogP contribution in [0.1, 0.15) is 67.7 Å². The maximum Gasteiger partial charge on any atom is 0.247 e. The van der Waals surface area contributed by atoms with E-state index in [2.05, 4.69) is 20.1 Å². The Bertz CT molecular complexity index is 933. The Morgan fingerprint density at radius 1 is 1.21 bits per heavy atom. The monoisotopic (exact) mass is 547 g/mol. The van der Waals surface area contributed by atoms with Crippen molar-refractivity contribution in [2.45, 2.75) is 95.3 Å². The highest BCUT2D eigenvalue weighted by atomic mass is 32.2. The SMILES string of the molecule is C=CCN(CCC)C(=O)[C@@H]1[C@@H]2CC(C)C3(S2)C(C(=O)N(CC=C)C(C)(C)C)N([C@@H](CO)[C@@H](C)CC)C(=O)[C@H]13. The number of hydrogen-bond donors (Lipinski definition) is 1. The molecule has 1 N–H and O–H groups in total. The van der Waals surface area contributed by atoms with Gasteiger partial charge in [0.15, 0.2) is 0 Å². The number of thioether (sulfide) groups is 1. The standard InChI is InChI=1S/C30H49N3O4S/c1-10-14-31(15-11-2)26(35)23-22-17-20(6)30(38-22)24(23)27(36)33(21(18-34)19(5)13-4)25(30)28(37)32(16-12-3)29(7,8)9/h10,12,19-25,34H,1,3,11,13-18H2,2,4-9H3/t19-,20?,21-,22-,23+,24-,25?,30?/m0/s1. The molecular formula is C30H49N3O4S. The molecule has 0 aromatic carbocycles. The number of aliphatic hydroxyl groups excluding tert-OH is 1. The van der Waals surface area contributed by atoms with Crippen LogP contribution in [-0.2, 0) is 14.4 Å². The minimum absolute atomic E-state index is 0.000908. The molecule has 7 nitrogen and oxygen atoms in total. The molecule has 2 bridgehead atoms. The van der Waals surface area contributed by atoms with Gasteiger partial charge in [-0.05, 0) is 45.4 Å². The number of likely N-dealkylation sites (tertiary alicyclic amines) is 1. The summed E-state index contributed by atoms with van der Waals surface area (Å²) in [6.07, 6.45) is 5.84. The number of nitrogens with zero attached hydrogens (tertiary/aromatic N) is 3. The zero-order chi connectivity index (χ0) is 28.6. The van der Waals surface area contributed by atoms with Crippen LogP contribution in [0.4, 0.5) is 0 Å². The van der Waals surface area contributed by atoms with Crippen LogP contribution in [0.25, 0.3) is 0 Å². The number of carbonyl (C=O) groups is 3. The van der Waals surface area contributed by atoms with E-state index in [1.807, 2.05) is 51.3 Å². The summed E-state index contributed by atoms with van der Waals surface area (Å²) in [7, 11) is 0. The summed E-state index contributed by atoms with van der Waals surface area (Å²) < 4.78 is -0.712. The van der Waals surface area contributed by atoms with Crippen LogP contribution < -0.4 is 0 Å². The van der Waals surface area contributed by atoms with Gasteiger partial charge >= 0.3 is 0 Å². The summed E-state index contributed by atoms with van der Waals surface area (Å²) in [5.41, 5.74) is -0.485. The second-order valence-corrected chi connectivity index (χ2v) is 14.0. The van der Waals surface area contributed by atoms with E-state index in [1.165, 1.54) is 0 Å². The third kappa shape index (κ3) is 4.85. The van der Waals surface area contributed by atoms with E-state index in [0.29, 0.717) is 19.6 Å². The number of aliphatic hydroxyl groups is 1. The first-order valence-corrected chi connectivity index (χ1v) is 15.2. The van der Waals surface area contributed by atoms with E-state index >= 15 is 0 Å². The Kier molecular flexibility index (Phi) is 9.50. The van der Waals surface area contributed by atoms with Crippen molar-refractivity contribution in [1.29, 1.82) is 0 Å². The fourth-order valence-corrected chi connectivity index (χ4v) is 9.49. The average molecular weight is 548 g/mol. The minimum Gasteiger partial charge on any atom is -0.394 e. The highest BCUT2D eigenvalue weighted by molar-refractivity contribution is 8.02. The summed E-state index contributed by atoms with van der Waals surface area (Å²) in [4.78, 5) is 48.6. The zero-order valence-electron chi connectivity index (χ0n) is 24.5. The third-order valence-electron chi connectivity index (χ3n) is 9.09. The molecule has 3 unspecified atom stereocenters. The van der Waals surface area contributed by atoms with Gasteiger partial charge < -0.3 is 19.8 Å². The van der Waals surface area contributed by atoms with E-state index < -0.39 is 34.2 Å². The molecule has 0 radical (unpaired) electrons. The largest absolute Gasteiger partial charge is 0.394 e. The van der Waals surface area contributed by atoms with Gasteiger partial charge in [0.05, 0.1) is 29.2 Å². The number of amides is 3. The smallest absolute Gasteiger partial charge is 0.247 e. The van der Waals surface area contributed by atoms with E-state index in [4.69, 9.17) is 0 Å². The van der Waals surface area contributed by atoms with Gasteiger partial charge in [-0.3, -0.25) is 14.4 Å². The second-order valence-electron chi connectivity index (χ2n) is 12.4. The summed E-state index contributed by atoms with van der Waals surface area (Å²) in [5, 5.41) is 10.6. The van der Waals surface area contributed by atoms with Crippen molar-refractivity contribution >= 4 is 29.5 Å². The fourth-order valence-electron chi connectivity index (χ4n) is 7.09. The molecule has 0 aromatic heterocycles. The van der Waals surface area contributed by atoms with E-state index in [0.717, 1.165) is 19.3 Å². The topological polar surface area (TPSA) is 81.2 Å². The van der Waals surface area contributed by atoms with Crippen molar-refractivity contribution in [3.8, 4) is 0 Å². The predicted octanol–water partition coefficient (Wildman–Crippen LogP) is 3.97. The Hall–Kier alpha value is -1.80. The number of fused-ring (bicyclic) bond motifs is 1. The molecule has 3 heterocycles. The molecule has 1 spiro atoms. The van der Waals surface area contributed by atoms with E-state index in [1.54, 1.807) is 28.8 Å². The molecule has 0 saturated carbocycles. The Morgan fingerprint density at radius 2 is 1.84 bits per heavy atom. The van der Waals surface area contributed by atoms with Gasteiger partial charge in [0.2, 0.25) is 17.7 Å². The number of carbonyl (C=O) groups excluding carboxylic acids is 3. The van der Waals surface area contributed by atoms with E-state index in [9.17, 15) is 19.5 Å². The van der Waals surface area contributed by atoms with Crippen molar-refractivity contribution in [2.75, 3.05) is 26.2 Å². The van der Waals surface area contributed by atoms with Crippen LogP contribution in [0.2, 0.25) is 0 Å². The molecule has 3 aliphatic rings. The maximum absolute atomic E-state index is 14.6. The fraction of sp³-hybridized carbons (Fsp3) is 0.767. The van der Waals surface area contributed by atoms with Crippen LogP contribution in [0.3, 0.4) is 0 Å². The van der Waals surface area contributed by atoms with Gasteiger partial charge in [-0.2, -0.15) is 0 Å². The Balaban J connectivity index is 2.20. The summed E-state index contributed by atoms with van der Waals surface area (Å²) >= 11 is 1.69. The molecule has 3 fully saturated rings. The number of hydrogen-bond acceptors (Lipinski definition) is 5. The molecule has 8 heteroatoms. The van der Waals surface area contributed by atoms with Crippen molar-refractivity contribution in [3.05, 3.63) is 25.3 Å². The zero-order valence-corrected chi connectivity index (χ0v) is 25.3. The van der Waals surface area contributed by atoms with Crippen LogP contribution in [0.5, 0.6) is 0 Å². The van der Waals surface area contributed by atoms with Crippen molar-refractivity contribution in [3.63, 3.8) is 0 Å². The van der Waals surface area contributed by atoms with Crippen LogP contribution in [0.15, 0.2) is 25.3 Å². The lowest BCUT2D eigenvalue weighted by Gasteiger charge is -2.45. The molecule has 3 saturated heterocycles. The van der Waals surface area contributed by atoms with E-state index in [-0.39, 0.29) is 41.4 Å². The predicted molar refractivity (Wildman–Crippen MR) is 155 cm³/mol. The summed E-state index contributed by atoms with van der Waals surface area (Å²) in [6, 6.07) is -1.23. The van der Waals surface area contributed by atoms with Crippen LogP contribution in [-0.4, -0.2) is 91.4 Å². The lowest BCUT2D eigenvalue weighted by molar-refractivity contribution is -0.150. The third-order valence-corrected chi connectivity index (χ3v) is 11.2. The van der Waals surface area contributed by atoms with Gasteiger partial charge in [-0.15, -0.1) is 24.9 Å². The van der Waals surface area contributed by atoms with Crippen molar-refractivity contribution in [1.82, 2.24) is 14.7 Å². The minimum atomic E-state index is -0.743. The molecule has 0 aromatic rings. The van der Waals surface area contributed by atoms with Crippen molar-refractivity contribution in [2.24, 2.45) is 23.7 Å². The average Bonchev–Trinajstić information content (AvgIpc) is 3.45. The highest BCUT2D eigenvalue weighted by Crippen LogP contribution is 2.69. The molecule has 3 aliphatic heterocycles. The molecule has 0 aliphatic carbocycles. The first kappa shape index (κ1) is 30.7.